The fraction of sp³-hybridized carbons (Fsp3) is 0.200. The number of halogens is 1. The minimum absolute atomic E-state index is 0.109. The van der Waals surface area contributed by atoms with E-state index >= 15 is 0 Å². The van der Waals surface area contributed by atoms with Gasteiger partial charge in [-0.25, -0.2) is 9.37 Å². The number of fused-ring (bicyclic) bond motifs is 1. The van der Waals surface area contributed by atoms with Crippen LogP contribution in [-0.2, 0) is 13.0 Å². The minimum Gasteiger partial charge on any atom is -0.497 e. The van der Waals surface area contributed by atoms with E-state index in [4.69, 9.17) is 9.72 Å². The van der Waals surface area contributed by atoms with Crippen molar-refractivity contribution >= 4 is 16.9 Å². The highest BCUT2D eigenvalue weighted by atomic mass is 19.1. The van der Waals surface area contributed by atoms with Crippen LogP contribution in [0.2, 0.25) is 0 Å². The molecule has 0 atom stereocenters. The second kappa shape index (κ2) is 9.43. The fourth-order valence-corrected chi connectivity index (χ4v) is 3.56. The number of hydrogen-bond acceptors (Lipinski definition) is 3. The van der Waals surface area contributed by atoms with E-state index in [1.807, 2.05) is 24.3 Å². The summed E-state index contributed by atoms with van der Waals surface area (Å²) in [6, 6.07) is 21.6. The molecule has 4 rings (SSSR count). The zero-order chi connectivity index (χ0) is 21.6. The maximum atomic E-state index is 13.3. The fourth-order valence-electron chi connectivity index (χ4n) is 3.56. The van der Waals surface area contributed by atoms with Gasteiger partial charge in [-0.05, 0) is 60.5 Å². The number of nitrogens with zero attached hydrogens (tertiary/aromatic N) is 2. The third kappa shape index (κ3) is 4.91. The van der Waals surface area contributed by atoms with Crippen molar-refractivity contribution < 1.29 is 13.9 Å². The van der Waals surface area contributed by atoms with Gasteiger partial charge in [0.05, 0.1) is 18.1 Å². The molecule has 0 aliphatic heterocycles. The number of benzene rings is 3. The summed E-state index contributed by atoms with van der Waals surface area (Å²) in [6.45, 7) is 1.17. The molecule has 0 saturated carbocycles. The number of hydrogen-bond donors (Lipinski definition) is 1. The first-order valence-corrected chi connectivity index (χ1v) is 10.2. The van der Waals surface area contributed by atoms with E-state index in [0.29, 0.717) is 18.7 Å². The molecule has 5 nitrogen and oxygen atoms in total. The van der Waals surface area contributed by atoms with Crippen LogP contribution in [-0.4, -0.2) is 29.1 Å². The van der Waals surface area contributed by atoms with Gasteiger partial charge in [-0.1, -0.05) is 24.3 Å². The Kier molecular flexibility index (Phi) is 6.26. The van der Waals surface area contributed by atoms with Crippen molar-refractivity contribution in [1.82, 2.24) is 14.9 Å². The quantitative estimate of drug-likeness (QED) is 0.427. The third-order valence-electron chi connectivity index (χ3n) is 5.20. The van der Waals surface area contributed by atoms with Crippen LogP contribution in [0.1, 0.15) is 28.2 Å². The highest BCUT2D eigenvalue weighted by molar-refractivity contribution is 5.94. The molecule has 0 unspecified atom stereocenters. The van der Waals surface area contributed by atoms with Crippen LogP contribution in [0, 0.1) is 5.82 Å². The van der Waals surface area contributed by atoms with Gasteiger partial charge in [-0.2, -0.15) is 0 Å². The lowest BCUT2D eigenvalue weighted by Gasteiger charge is -2.10. The molecule has 0 bridgehead atoms. The molecule has 0 radical (unpaired) electrons. The third-order valence-corrected chi connectivity index (χ3v) is 5.20. The zero-order valence-electron chi connectivity index (χ0n) is 17.3. The summed E-state index contributed by atoms with van der Waals surface area (Å²) in [6.07, 6.45) is 1.48. The number of methoxy groups -OCH3 is 1. The maximum Gasteiger partial charge on any atom is 0.251 e. The number of imidazole rings is 1. The van der Waals surface area contributed by atoms with Crippen molar-refractivity contribution in [3.05, 3.63) is 95.6 Å². The van der Waals surface area contributed by atoms with E-state index in [-0.39, 0.29) is 11.7 Å². The lowest BCUT2D eigenvalue weighted by Crippen LogP contribution is -2.25. The van der Waals surface area contributed by atoms with E-state index in [1.165, 1.54) is 12.1 Å². The number of para-hydroxylation sites is 2. The van der Waals surface area contributed by atoms with Gasteiger partial charge in [-0.15, -0.1) is 0 Å². The lowest BCUT2D eigenvalue weighted by atomic mass is 10.2. The molecule has 1 aromatic heterocycles. The average Bonchev–Trinajstić information content (AvgIpc) is 3.15. The van der Waals surface area contributed by atoms with Gasteiger partial charge in [0.15, 0.2) is 0 Å². The molecule has 1 amide bonds. The molecular formula is C25H24FN3O2. The molecule has 3 aromatic carbocycles. The van der Waals surface area contributed by atoms with Crippen molar-refractivity contribution in [3.8, 4) is 5.75 Å². The first-order chi connectivity index (χ1) is 15.1. The first-order valence-electron chi connectivity index (χ1n) is 10.2. The van der Waals surface area contributed by atoms with Gasteiger partial charge >= 0.3 is 0 Å². The van der Waals surface area contributed by atoms with Crippen molar-refractivity contribution in [2.45, 2.75) is 19.4 Å². The second-order valence-electron chi connectivity index (χ2n) is 7.32. The average molecular weight is 417 g/mol. The molecule has 4 aromatic rings. The smallest absolute Gasteiger partial charge is 0.251 e. The molecule has 0 spiro atoms. The predicted molar refractivity (Wildman–Crippen MR) is 119 cm³/mol. The second-order valence-corrected chi connectivity index (χ2v) is 7.32. The number of aromatic nitrogens is 2. The van der Waals surface area contributed by atoms with Gasteiger partial charge in [-0.3, -0.25) is 4.79 Å². The van der Waals surface area contributed by atoms with Crippen LogP contribution in [0.25, 0.3) is 11.0 Å². The van der Waals surface area contributed by atoms with Crippen LogP contribution in [0.15, 0.2) is 72.8 Å². The van der Waals surface area contributed by atoms with Crippen molar-refractivity contribution in [2.24, 2.45) is 0 Å². The number of aryl methyl sites for hydroxylation is 1. The largest absolute Gasteiger partial charge is 0.497 e. The van der Waals surface area contributed by atoms with E-state index in [9.17, 15) is 9.18 Å². The highest BCUT2D eigenvalue weighted by Crippen LogP contribution is 2.19. The molecular weight excluding hydrogens is 393 g/mol. The number of rotatable bonds is 8. The summed E-state index contributed by atoms with van der Waals surface area (Å²) in [7, 11) is 1.60. The SMILES string of the molecule is COc1ccc(C(=O)NCCCc2nc3ccccc3n2Cc2ccc(F)cc2)cc1. The molecule has 6 heteroatoms. The number of nitrogens with one attached hydrogen (secondary N) is 1. The van der Waals surface area contributed by atoms with Crippen molar-refractivity contribution in [1.29, 1.82) is 0 Å². The van der Waals surface area contributed by atoms with Crippen LogP contribution >= 0.6 is 0 Å². The maximum absolute atomic E-state index is 13.3. The van der Waals surface area contributed by atoms with Crippen molar-refractivity contribution in [2.75, 3.05) is 13.7 Å². The van der Waals surface area contributed by atoms with Crippen LogP contribution in [0.3, 0.4) is 0 Å². The molecule has 1 heterocycles. The van der Waals surface area contributed by atoms with Crippen molar-refractivity contribution in [3.63, 3.8) is 0 Å². The zero-order valence-corrected chi connectivity index (χ0v) is 17.3. The lowest BCUT2D eigenvalue weighted by molar-refractivity contribution is 0.0953. The van der Waals surface area contributed by atoms with Gasteiger partial charge < -0.3 is 14.6 Å². The summed E-state index contributed by atoms with van der Waals surface area (Å²) in [5.41, 5.74) is 3.59. The summed E-state index contributed by atoms with van der Waals surface area (Å²) in [5.74, 6) is 1.32. The Bertz CT molecular complexity index is 1170. The topological polar surface area (TPSA) is 56.1 Å². The summed E-state index contributed by atoms with van der Waals surface area (Å²) in [5, 5.41) is 2.96. The van der Waals surface area contributed by atoms with Gasteiger partial charge in [0.1, 0.15) is 17.4 Å². The normalized spacial score (nSPS) is 10.9. The molecule has 0 fully saturated rings. The predicted octanol–water partition coefficient (Wildman–Crippen LogP) is 4.59. The standard InChI is InChI=1S/C25H24FN3O2/c1-31-21-14-10-19(11-15-21)25(30)27-16-4-7-24-28-22-5-2-3-6-23(22)29(24)17-18-8-12-20(26)13-9-18/h2-3,5-6,8-15H,4,7,16-17H2,1H3,(H,27,30). The summed E-state index contributed by atoms with van der Waals surface area (Å²) in [4.78, 5) is 17.1. The molecule has 0 aliphatic rings. The van der Waals surface area contributed by atoms with E-state index < -0.39 is 0 Å². The number of carbonyl (C=O) groups excluding carboxylic acids is 1. The Morgan fingerprint density at radius 2 is 1.77 bits per heavy atom. The van der Waals surface area contributed by atoms with Crippen LogP contribution in [0.4, 0.5) is 4.39 Å². The van der Waals surface area contributed by atoms with E-state index in [1.54, 1.807) is 43.5 Å². The number of ether oxygens (including phenoxy) is 1. The highest BCUT2D eigenvalue weighted by Gasteiger charge is 2.11. The number of carbonyl (C=O) groups is 1. The van der Waals surface area contributed by atoms with E-state index in [0.717, 1.165) is 41.0 Å². The monoisotopic (exact) mass is 417 g/mol. The van der Waals surface area contributed by atoms with Gasteiger partial charge in [0.25, 0.3) is 5.91 Å². The Balaban J connectivity index is 1.41. The molecule has 0 aliphatic carbocycles. The molecule has 1 N–H and O–H groups in total. The van der Waals surface area contributed by atoms with Crippen LogP contribution in [0.5, 0.6) is 5.75 Å². The molecule has 31 heavy (non-hydrogen) atoms. The Labute approximate surface area is 180 Å². The molecule has 158 valence electrons. The minimum atomic E-state index is -0.243. The van der Waals surface area contributed by atoms with Gasteiger partial charge in [0, 0.05) is 25.1 Å². The molecule has 0 saturated heterocycles. The van der Waals surface area contributed by atoms with Gasteiger partial charge in [0.2, 0.25) is 0 Å². The first kappa shape index (κ1) is 20.6. The Hall–Kier alpha value is -3.67. The number of amides is 1. The Morgan fingerprint density at radius 3 is 2.52 bits per heavy atom. The van der Waals surface area contributed by atoms with E-state index in [2.05, 4.69) is 9.88 Å². The summed E-state index contributed by atoms with van der Waals surface area (Å²) >= 11 is 0. The Morgan fingerprint density at radius 1 is 1.03 bits per heavy atom. The van der Waals surface area contributed by atoms with Crippen LogP contribution < -0.4 is 10.1 Å². The summed E-state index contributed by atoms with van der Waals surface area (Å²) < 4.78 is 20.6.